The van der Waals surface area contributed by atoms with E-state index in [1.807, 2.05) is 134 Å². The minimum atomic E-state index is -2.89. The van der Waals surface area contributed by atoms with E-state index in [1.165, 1.54) is 26.3 Å². The molecule has 7 aromatic carbocycles. The van der Waals surface area contributed by atoms with E-state index in [1.54, 1.807) is 0 Å². The van der Waals surface area contributed by atoms with Crippen LogP contribution in [0.3, 0.4) is 0 Å². The van der Waals surface area contributed by atoms with Crippen LogP contribution >= 0.6 is 0 Å². The summed E-state index contributed by atoms with van der Waals surface area (Å²) in [6.07, 6.45) is 9.88. The van der Waals surface area contributed by atoms with Gasteiger partial charge in [-0.25, -0.2) is 0 Å². The summed E-state index contributed by atoms with van der Waals surface area (Å²) >= 11 is 0. The van der Waals surface area contributed by atoms with Crippen LogP contribution in [-0.2, 0) is 0 Å². The van der Waals surface area contributed by atoms with Crippen LogP contribution in [0.1, 0.15) is 46.7 Å². The Morgan fingerprint density at radius 2 is 0.729 bits per heavy atom. The summed E-state index contributed by atoms with van der Waals surface area (Å²) in [5, 5.41) is 5.11. The Balaban J connectivity index is 0.000000808. The molecule has 0 aromatic heterocycles. The van der Waals surface area contributed by atoms with Gasteiger partial charge in [-0.05, 0) is 119 Å². The molecule has 1 aliphatic carbocycles. The molecular formula is C58H42Si. The molecule has 278 valence electrons. The maximum absolute atomic E-state index is 3.38. The summed E-state index contributed by atoms with van der Waals surface area (Å²) < 4.78 is 0. The normalized spacial score (nSPS) is 11.9. The van der Waals surface area contributed by atoms with Gasteiger partial charge in [0.2, 0.25) is 0 Å². The molecule has 0 bridgehead atoms. The minimum absolute atomic E-state index is 0.824. The molecule has 0 N–H and O–H groups in total. The second-order valence-corrected chi connectivity index (χ2v) is 17.6. The summed E-state index contributed by atoms with van der Waals surface area (Å²) in [4.78, 5) is 0. The molecule has 0 saturated carbocycles. The molecular weight excluding hydrogens is 725 g/mol. The van der Waals surface area contributed by atoms with Crippen molar-refractivity contribution in [2.24, 2.45) is 0 Å². The van der Waals surface area contributed by atoms with Crippen molar-refractivity contribution in [2.45, 2.75) is 13.3 Å². The molecule has 0 radical (unpaired) electrons. The fraction of sp³-hybridized carbons (Fsp3) is 0.0345. The SMILES string of the molecule is CC#Cc1ccc([Si](C2=C/C(=C\C#Cc3ccccc3)CC=C2)(c2ccc(C#Cc3ccccc3)cc2)c2ccc(C#Cc3ccccc3)cc2)cc1.c1ccccc1. The van der Waals surface area contributed by atoms with Gasteiger partial charge in [0.25, 0.3) is 0 Å². The van der Waals surface area contributed by atoms with Gasteiger partial charge in [0.05, 0.1) is 0 Å². The van der Waals surface area contributed by atoms with Gasteiger partial charge in [-0.2, -0.15) is 0 Å². The van der Waals surface area contributed by atoms with Gasteiger partial charge in [0.15, 0.2) is 8.07 Å². The third-order valence-electron chi connectivity index (χ3n) is 9.81. The molecule has 7 aromatic rings. The second-order valence-electron chi connectivity index (χ2n) is 13.8. The van der Waals surface area contributed by atoms with Crippen LogP contribution in [0.15, 0.2) is 235 Å². The predicted octanol–water partition coefficient (Wildman–Crippen LogP) is 10.4. The Morgan fingerprint density at radius 1 is 0.390 bits per heavy atom. The van der Waals surface area contributed by atoms with Crippen LogP contribution in [0, 0.1) is 47.4 Å². The van der Waals surface area contributed by atoms with Crippen molar-refractivity contribution >= 4 is 23.6 Å². The van der Waals surface area contributed by atoms with E-state index >= 15 is 0 Å². The largest absolute Gasteiger partial charge is 0.179 e. The van der Waals surface area contributed by atoms with Gasteiger partial charge in [-0.1, -0.05) is 187 Å². The minimum Gasteiger partial charge on any atom is -0.101 e. The summed E-state index contributed by atoms with van der Waals surface area (Å²) in [5.41, 5.74) is 7.14. The van der Waals surface area contributed by atoms with Gasteiger partial charge in [-0.15, -0.1) is 5.92 Å². The van der Waals surface area contributed by atoms with Gasteiger partial charge in [-0.3, -0.25) is 0 Å². The van der Waals surface area contributed by atoms with E-state index in [2.05, 4.69) is 144 Å². The van der Waals surface area contributed by atoms with E-state index in [0.29, 0.717) is 0 Å². The molecule has 1 heteroatoms. The van der Waals surface area contributed by atoms with E-state index in [9.17, 15) is 0 Å². The van der Waals surface area contributed by atoms with E-state index in [0.717, 1.165) is 39.8 Å². The lowest BCUT2D eigenvalue weighted by molar-refractivity contribution is 1.26. The van der Waals surface area contributed by atoms with Crippen molar-refractivity contribution in [3.05, 3.63) is 269 Å². The molecule has 0 fully saturated rings. The van der Waals surface area contributed by atoms with Gasteiger partial charge >= 0.3 is 0 Å². The van der Waals surface area contributed by atoms with Crippen LogP contribution in [0.25, 0.3) is 0 Å². The highest BCUT2D eigenvalue weighted by atomic mass is 28.3. The monoisotopic (exact) mass is 766 g/mol. The molecule has 0 nitrogen and oxygen atoms in total. The van der Waals surface area contributed by atoms with E-state index < -0.39 is 8.07 Å². The topological polar surface area (TPSA) is 0 Å². The summed E-state index contributed by atoms with van der Waals surface area (Å²) in [6, 6.07) is 69.1. The zero-order chi connectivity index (χ0) is 40.4. The first kappa shape index (κ1) is 39.5. The lowest BCUT2D eigenvalue weighted by Gasteiger charge is -2.36. The van der Waals surface area contributed by atoms with Crippen molar-refractivity contribution in [2.75, 3.05) is 0 Å². The fourth-order valence-electron chi connectivity index (χ4n) is 6.97. The van der Waals surface area contributed by atoms with E-state index in [-0.39, 0.29) is 0 Å². The molecule has 59 heavy (non-hydrogen) atoms. The second kappa shape index (κ2) is 20.4. The molecule has 0 aliphatic heterocycles. The molecule has 0 unspecified atom stereocenters. The molecule has 0 saturated heterocycles. The van der Waals surface area contributed by atoms with Crippen LogP contribution in [0.2, 0.25) is 0 Å². The highest BCUT2D eigenvalue weighted by Crippen LogP contribution is 2.26. The molecule has 0 amide bonds. The molecule has 1 aliphatic rings. The lowest BCUT2D eigenvalue weighted by Crippen LogP contribution is -2.68. The summed E-state index contributed by atoms with van der Waals surface area (Å²) in [7, 11) is -2.89. The number of hydrogen-bond acceptors (Lipinski definition) is 0. The van der Waals surface area contributed by atoms with Gasteiger partial charge in [0.1, 0.15) is 0 Å². The maximum Gasteiger partial charge on any atom is 0.179 e. The maximum atomic E-state index is 3.38. The standard InChI is InChI=1S/C52H36Si.C6H6/c1-2-14-42-29-35-49(36-30-42)53(50-37-31-46(32-38-50)27-25-44-17-8-4-9-18-44,51-39-33-47(34-40-51)28-26-45-19-10-5-11-20-45)52-24-13-23-48(41-52)22-12-21-43-15-6-3-7-16-43;1-2-4-6-5-3-1/h3-11,13,15-20,22,24,29-41H,23H2,1H3;1-6H/b48-22-;. The van der Waals surface area contributed by atoms with Gasteiger partial charge in [0, 0.05) is 33.4 Å². The van der Waals surface area contributed by atoms with Crippen LogP contribution in [0.5, 0.6) is 0 Å². The van der Waals surface area contributed by atoms with Crippen molar-refractivity contribution in [3.8, 4) is 47.4 Å². The first-order chi connectivity index (χ1) is 29.2. The van der Waals surface area contributed by atoms with Crippen LogP contribution in [0.4, 0.5) is 0 Å². The predicted molar refractivity (Wildman–Crippen MR) is 251 cm³/mol. The Labute approximate surface area is 351 Å². The van der Waals surface area contributed by atoms with Crippen LogP contribution < -0.4 is 15.6 Å². The fourth-order valence-corrected chi connectivity index (χ4v) is 11.7. The smallest absolute Gasteiger partial charge is 0.101 e. The summed E-state index contributed by atoms with van der Waals surface area (Å²) in [6.45, 7) is 1.88. The average Bonchev–Trinajstić information content (AvgIpc) is 3.31. The molecule has 8 rings (SSSR count). The average molecular weight is 767 g/mol. The number of benzene rings is 7. The van der Waals surface area contributed by atoms with Crippen molar-refractivity contribution in [3.63, 3.8) is 0 Å². The first-order valence-corrected chi connectivity index (χ1v) is 21.7. The lowest BCUT2D eigenvalue weighted by atomic mass is 10.1. The quantitative estimate of drug-likeness (QED) is 0.0951. The van der Waals surface area contributed by atoms with Crippen molar-refractivity contribution in [1.82, 2.24) is 0 Å². The Bertz CT molecular complexity index is 2670. The van der Waals surface area contributed by atoms with E-state index in [4.69, 9.17) is 0 Å². The number of rotatable bonds is 4. The number of hydrogen-bond donors (Lipinski definition) is 0. The first-order valence-electron chi connectivity index (χ1n) is 19.7. The molecule has 0 spiro atoms. The van der Waals surface area contributed by atoms with Gasteiger partial charge < -0.3 is 0 Å². The third kappa shape index (κ3) is 10.5. The Hall–Kier alpha value is -7.78. The van der Waals surface area contributed by atoms with Crippen molar-refractivity contribution < 1.29 is 0 Å². The third-order valence-corrected chi connectivity index (χ3v) is 14.6. The van der Waals surface area contributed by atoms with Crippen molar-refractivity contribution in [1.29, 1.82) is 0 Å². The number of allylic oxidation sites excluding steroid dienone is 6. The Kier molecular flexibility index (Phi) is 13.6. The van der Waals surface area contributed by atoms with Crippen LogP contribution in [-0.4, -0.2) is 8.07 Å². The Morgan fingerprint density at radius 3 is 1.12 bits per heavy atom. The highest BCUT2D eigenvalue weighted by Gasteiger charge is 2.42. The summed E-state index contributed by atoms with van der Waals surface area (Å²) in [5.74, 6) is 26.4. The highest BCUT2D eigenvalue weighted by molar-refractivity contribution is 7.16. The zero-order valence-corrected chi connectivity index (χ0v) is 34.1. The molecule has 0 atom stereocenters. The molecule has 0 heterocycles. The zero-order valence-electron chi connectivity index (χ0n) is 33.1.